The van der Waals surface area contributed by atoms with Crippen molar-refractivity contribution < 1.29 is 32.4 Å². The number of thioether (sulfide) groups is 1. The number of ether oxygens (including phenoxy) is 1. The highest BCUT2D eigenvalue weighted by molar-refractivity contribution is 8.27. The first-order valence-corrected chi connectivity index (χ1v) is 12.2. The minimum absolute atomic E-state index is 0.00000298. The molecule has 0 aliphatic carbocycles. The summed E-state index contributed by atoms with van der Waals surface area (Å²) in [6.45, 7) is -0.455. The summed E-state index contributed by atoms with van der Waals surface area (Å²) in [5.41, 5.74) is -1.23. The second-order valence-electron chi connectivity index (χ2n) is 7.22. The molecule has 0 unspecified atom stereocenters. The number of benzene rings is 2. The average Bonchev–Trinajstić information content (AvgIpc) is 3.44. The fourth-order valence-corrected chi connectivity index (χ4v) is 4.97. The van der Waals surface area contributed by atoms with Crippen molar-refractivity contribution >= 4 is 74.0 Å². The molecular formula is C22H13F3N4O5S3. The Kier molecular flexibility index (Phi) is 7.56. The van der Waals surface area contributed by atoms with Crippen LogP contribution in [0, 0.1) is 10.1 Å². The van der Waals surface area contributed by atoms with E-state index >= 15 is 0 Å². The Labute approximate surface area is 220 Å². The molecule has 3 aromatic rings. The third kappa shape index (κ3) is 6.12. The topological polar surface area (TPSA) is 115 Å². The number of carbonyl (C=O) groups excluding carboxylic acids is 2. The van der Waals surface area contributed by atoms with E-state index in [-0.39, 0.29) is 31.9 Å². The van der Waals surface area contributed by atoms with Gasteiger partial charge in [-0.3, -0.25) is 29.9 Å². The van der Waals surface area contributed by atoms with Gasteiger partial charge in [0.2, 0.25) is 0 Å². The van der Waals surface area contributed by atoms with Crippen LogP contribution in [0.1, 0.15) is 11.1 Å². The number of nitro groups is 1. The molecule has 2 amide bonds. The molecule has 1 saturated heterocycles. The standard InChI is InChI=1S/C22H13F3N4O5S3/c23-22(24,25)13-2-1-3-14(10-13)28-19(31)17(37-21(28)35)9-12-8-15(29(32)33)4-5-16(12)34-11-18(30)27-20-26-6-7-36-20/h1-10H,11H2,(H,26,27,30)/b17-9-. The Balaban J connectivity index is 1.61. The summed E-state index contributed by atoms with van der Waals surface area (Å²) < 4.78 is 44.9. The molecule has 1 aromatic heterocycles. The first kappa shape index (κ1) is 26.2. The summed E-state index contributed by atoms with van der Waals surface area (Å²) in [4.78, 5) is 40.7. The van der Waals surface area contributed by atoms with Crippen molar-refractivity contribution in [3.05, 3.63) is 80.2 Å². The molecular weight excluding hydrogens is 553 g/mol. The molecule has 1 aliphatic rings. The van der Waals surface area contributed by atoms with Gasteiger partial charge in [0.1, 0.15) is 5.75 Å². The quantitative estimate of drug-likeness (QED) is 0.173. The normalized spacial score (nSPS) is 14.8. The lowest BCUT2D eigenvalue weighted by atomic mass is 10.1. The molecule has 2 aromatic carbocycles. The Morgan fingerprint density at radius 2 is 2.05 bits per heavy atom. The van der Waals surface area contributed by atoms with Gasteiger partial charge in [-0.1, -0.05) is 30.0 Å². The van der Waals surface area contributed by atoms with Crippen molar-refractivity contribution in [2.75, 3.05) is 16.8 Å². The number of carbonyl (C=O) groups is 2. The van der Waals surface area contributed by atoms with Crippen LogP contribution in [0.25, 0.3) is 6.08 Å². The number of thiazole rings is 1. The number of rotatable bonds is 7. The van der Waals surface area contributed by atoms with E-state index in [4.69, 9.17) is 17.0 Å². The van der Waals surface area contributed by atoms with Crippen LogP contribution in [-0.2, 0) is 15.8 Å². The van der Waals surface area contributed by atoms with Crippen LogP contribution in [-0.4, -0.2) is 32.6 Å². The van der Waals surface area contributed by atoms with Gasteiger partial charge in [0.05, 0.1) is 21.1 Å². The van der Waals surface area contributed by atoms with E-state index in [2.05, 4.69) is 10.3 Å². The van der Waals surface area contributed by atoms with Crippen LogP contribution in [0.3, 0.4) is 0 Å². The lowest BCUT2D eigenvalue weighted by Crippen LogP contribution is -2.27. The maximum Gasteiger partial charge on any atom is 0.416 e. The summed E-state index contributed by atoms with van der Waals surface area (Å²) in [5.74, 6) is -1.19. The van der Waals surface area contributed by atoms with Crippen LogP contribution >= 0.6 is 35.3 Å². The zero-order valence-corrected chi connectivity index (χ0v) is 20.7. The molecule has 1 aliphatic heterocycles. The van der Waals surface area contributed by atoms with Crippen LogP contribution < -0.4 is 15.0 Å². The largest absolute Gasteiger partial charge is 0.483 e. The fourth-order valence-electron chi connectivity index (χ4n) is 3.13. The number of hydrogen-bond acceptors (Lipinski definition) is 9. The number of aromatic nitrogens is 1. The highest BCUT2D eigenvalue weighted by Crippen LogP contribution is 2.39. The lowest BCUT2D eigenvalue weighted by Gasteiger charge is -2.16. The van der Waals surface area contributed by atoms with Crippen molar-refractivity contribution in [2.45, 2.75) is 6.18 Å². The lowest BCUT2D eigenvalue weighted by molar-refractivity contribution is -0.384. The van der Waals surface area contributed by atoms with Crippen molar-refractivity contribution in [1.29, 1.82) is 0 Å². The van der Waals surface area contributed by atoms with E-state index in [0.717, 1.165) is 40.9 Å². The number of nitrogens with one attached hydrogen (secondary N) is 1. The number of anilines is 2. The summed E-state index contributed by atoms with van der Waals surface area (Å²) in [7, 11) is 0. The second kappa shape index (κ2) is 10.7. The van der Waals surface area contributed by atoms with Gasteiger partial charge in [-0.2, -0.15) is 13.2 Å². The van der Waals surface area contributed by atoms with Gasteiger partial charge in [-0.05, 0) is 30.3 Å². The third-order valence-corrected chi connectivity index (χ3v) is 6.74. The molecule has 2 heterocycles. The zero-order chi connectivity index (χ0) is 26.7. The summed E-state index contributed by atoms with van der Waals surface area (Å²) in [6, 6.07) is 7.72. The molecule has 37 heavy (non-hydrogen) atoms. The number of nitro benzene ring substituents is 1. The van der Waals surface area contributed by atoms with E-state index in [1.807, 2.05) is 0 Å². The van der Waals surface area contributed by atoms with Gasteiger partial charge in [-0.15, -0.1) is 11.3 Å². The molecule has 0 saturated carbocycles. The Hall–Kier alpha value is -3.82. The van der Waals surface area contributed by atoms with Crippen molar-refractivity contribution in [3.8, 4) is 5.75 Å². The molecule has 9 nitrogen and oxygen atoms in total. The van der Waals surface area contributed by atoms with Gasteiger partial charge >= 0.3 is 6.18 Å². The van der Waals surface area contributed by atoms with E-state index in [1.54, 1.807) is 5.38 Å². The molecule has 0 radical (unpaired) electrons. The van der Waals surface area contributed by atoms with Crippen LogP contribution in [0.15, 0.2) is 58.9 Å². The van der Waals surface area contributed by atoms with Crippen molar-refractivity contribution in [1.82, 2.24) is 4.98 Å². The summed E-state index contributed by atoms with van der Waals surface area (Å²) >= 11 is 7.23. The number of non-ortho nitro benzene ring substituents is 1. The highest BCUT2D eigenvalue weighted by Gasteiger charge is 2.36. The van der Waals surface area contributed by atoms with E-state index in [1.165, 1.54) is 41.8 Å². The molecule has 15 heteroatoms. The van der Waals surface area contributed by atoms with Crippen LogP contribution in [0.2, 0.25) is 0 Å². The Morgan fingerprint density at radius 1 is 1.27 bits per heavy atom. The van der Waals surface area contributed by atoms with Gasteiger partial charge in [0, 0.05) is 29.3 Å². The van der Waals surface area contributed by atoms with Crippen molar-refractivity contribution in [3.63, 3.8) is 0 Å². The van der Waals surface area contributed by atoms with Gasteiger partial charge in [0.15, 0.2) is 16.1 Å². The molecule has 190 valence electrons. The summed E-state index contributed by atoms with van der Waals surface area (Å²) in [6.07, 6.45) is -1.84. The fraction of sp³-hybridized carbons (Fsp3) is 0.0909. The maximum atomic E-state index is 13.1. The Bertz CT molecular complexity index is 1430. The SMILES string of the molecule is O=C(COc1ccc([N+](=O)[O-])cc1/C=C1\SC(=S)N(c2cccc(C(F)(F)F)c2)C1=O)Nc1nccs1. The molecule has 0 bridgehead atoms. The first-order chi connectivity index (χ1) is 17.5. The Morgan fingerprint density at radius 3 is 2.73 bits per heavy atom. The average molecular weight is 567 g/mol. The number of amides is 2. The molecule has 1 fully saturated rings. The van der Waals surface area contributed by atoms with Crippen molar-refractivity contribution in [2.24, 2.45) is 0 Å². The molecule has 1 N–H and O–H groups in total. The number of hydrogen-bond donors (Lipinski definition) is 1. The second-order valence-corrected chi connectivity index (χ2v) is 9.79. The molecule has 4 rings (SSSR count). The maximum absolute atomic E-state index is 13.1. The van der Waals surface area contributed by atoms with E-state index < -0.39 is 35.1 Å². The minimum atomic E-state index is -4.62. The third-order valence-electron chi connectivity index (χ3n) is 4.75. The first-order valence-electron chi connectivity index (χ1n) is 10.1. The molecule has 0 spiro atoms. The number of thiocarbonyl (C=S) groups is 1. The number of nitrogens with zero attached hydrogens (tertiary/aromatic N) is 3. The van der Waals surface area contributed by atoms with Crippen LogP contribution in [0.5, 0.6) is 5.75 Å². The number of halogens is 3. The van der Waals surface area contributed by atoms with E-state index in [0.29, 0.717) is 5.13 Å². The minimum Gasteiger partial charge on any atom is -0.483 e. The van der Waals surface area contributed by atoms with Crippen LogP contribution in [0.4, 0.5) is 29.7 Å². The smallest absolute Gasteiger partial charge is 0.416 e. The molecule has 0 atom stereocenters. The zero-order valence-electron chi connectivity index (χ0n) is 18.2. The predicted molar refractivity (Wildman–Crippen MR) is 136 cm³/mol. The van der Waals surface area contributed by atoms with E-state index in [9.17, 15) is 32.9 Å². The highest BCUT2D eigenvalue weighted by atomic mass is 32.2. The summed E-state index contributed by atoms with van der Waals surface area (Å²) in [5, 5.41) is 15.8. The monoisotopic (exact) mass is 566 g/mol. The van der Waals surface area contributed by atoms with Gasteiger partial charge in [0.25, 0.3) is 17.5 Å². The van der Waals surface area contributed by atoms with Gasteiger partial charge in [-0.25, -0.2) is 4.98 Å². The predicted octanol–water partition coefficient (Wildman–Crippen LogP) is 5.49. The van der Waals surface area contributed by atoms with Gasteiger partial charge < -0.3 is 4.74 Å². The number of alkyl halides is 3.